The monoisotopic (exact) mass is 531 g/mol. The van der Waals surface area contributed by atoms with Crippen molar-refractivity contribution in [3.8, 4) is 0 Å². The molecule has 2 unspecified atom stereocenters. The molecule has 2 rings (SSSR count). The van der Waals surface area contributed by atoms with E-state index >= 15 is 0 Å². The van der Waals surface area contributed by atoms with Gasteiger partial charge in [-0.15, -0.1) is 35.7 Å². The van der Waals surface area contributed by atoms with Gasteiger partial charge in [-0.2, -0.15) is 0 Å². The third-order valence-corrected chi connectivity index (χ3v) is 6.13. The molecule has 0 saturated carbocycles. The van der Waals surface area contributed by atoms with E-state index < -0.39 is 10.8 Å². The summed E-state index contributed by atoms with van der Waals surface area (Å²) in [5, 5.41) is 6.93. The largest absolute Gasteiger partial charge is 0.357 e. The van der Waals surface area contributed by atoms with Gasteiger partial charge in [-0.3, -0.25) is 9.20 Å². The standard InChI is InChI=1S/C21H29N3OS2.HI/c1-3-22-21(24-16-18(2)26-20-12-8-5-9-13-20)23-14-15-27(25)17-19-10-6-4-7-11-19;/h4-13,18H,3,14-17H2,1-2H3,(H2,22,23,24);1H. The number of aliphatic imine (C=N–C) groups is 1. The van der Waals surface area contributed by atoms with E-state index in [-0.39, 0.29) is 24.0 Å². The topological polar surface area (TPSA) is 53.5 Å². The number of nitrogens with one attached hydrogen (secondary N) is 2. The number of guanidine groups is 1. The smallest absolute Gasteiger partial charge is 0.191 e. The lowest BCUT2D eigenvalue weighted by molar-refractivity contribution is 0.680. The molecule has 0 aliphatic heterocycles. The average molecular weight is 532 g/mol. The van der Waals surface area contributed by atoms with E-state index in [0.717, 1.165) is 24.6 Å². The molecule has 0 bridgehead atoms. The molecule has 2 N–H and O–H groups in total. The Morgan fingerprint density at radius 2 is 1.71 bits per heavy atom. The minimum absolute atomic E-state index is 0. The second-order valence-corrected chi connectivity index (χ2v) is 9.25. The maximum Gasteiger partial charge on any atom is 0.191 e. The summed E-state index contributed by atoms with van der Waals surface area (Å²) in [7, 11) is -0.880. The number of nitrogens with zero attached hydrogens (tertiary/aromatic N) is 1. The Balaban J connectivity index is 0.00000392. The summed E-state index contributed by atoms with van der Waals surface area (Å²) < 4.78 is 12.2. The molecular weight excluding hydrogens is 501 g/mol. The lowest BCUT2D eigenvalue weighted by atomic mass is 10.2. The van der Waals surface area contributed by atoms with Crippen molar-refractivity contribution in [2.45, 2.75) is 29.7 Å². The molecule has 28 heavy (non-hydrogen) atoms. The summed E-state index contributed by atoms with van der Waals surface area (Å²) in [6, 6.07) is 20.4. The van der Waals surface area contributed by atoms with Crippen LogP contribution in [-0.4, -0.2) is 40.8 Å². The fourth-order valence-electron chi connectivity index (χ4n) is 2.45. The van der Waals surface area contributed by atoms with Gasteiger partial charge < -0.3 is 10.6 Å². The first-order valence-electron chi connectivity index (χ1n) is 9.30. The highest BCUT2D eigenvalue weighted by atomic mass is 127. The summed E-state index contributed by atoms with van der Waals surface area (Å²) in [5.74, 6) is 1.99. The molecule has 0 spiro atoms. The first-order valence-corrected chi connectivity index (χ1v) is 11.7. The van der Waals surface area contributed by atoms with Crippen molar-refractivity contribution in [3.05, 3.63) is 66.2 Å². The molecule has 0 amide bonds. The Morgan fingerprint density at radius 1 is 1.07 bits per heavy atom. The molecule has 0 aromatic heterocycles. The van der Waals surface area contributed by atoms with Crippen LogP contribution in [0.15, 0.2) is 70.6 Å². The third kappa shape index (κ3) is 10.5. The SMILES string of the molecule is CCNC(=NCC(C)Sc1ccccc1)NCCS(=O)Cc1ccccc1.I. The molecule has 0 heterocycles. The summed E-state index contributed by atoms with van der Waals surface area (Å²) in [4.78, 5) is 5.92. The van der Waals surface area contributed by atoms with Crippen LogP contribution in [-0.2, 0) is 16.6 Å². The van der Waals surface area contributed by atoms with Crippen LogP contribution in [0.4, 0.5) is 0 Å². The number of thioether (sulfide) groups is 1. The predicted octanol–water partition coefficient (Wildman–Crippen LogP) is 4.29. The van der Waals surface area contributed by atoms with E-state index in [1.54, 1.807) is 0 Å². The van der Waals surface area contributed by atoms with Crippen molar-refractivity contribution in [1.29, 1.82) is 0 Å². The van der Waals surface area contributed by atoms with Crippen LogP contribution in [0.25, 0.3) is 0 Å². The van der Waals surface area contributed by atoms with Gasteiger partial charge >= 0.3 is 0 Å². The zero-order chi connectivity index (χ0) is 19.3. The normalized spacial score (nSPS) is 13.3. The number of hydrogen-bond acceptors (Lipinski definition) is 3. The summed E-state index contributed by atoms with van der Waals surface area (Å²) >= 11 is 1.82. The minimum atomic E-state index is -0.880. The second kappa shape index (κ2) is 14.9. The van der Waals surface area contributed by atoms with Crippen molar-refractivity contribution in [1.82, 2.24) is 10.6 Å². The molecule has 0 saturated heterocycles. The van der Waals surface area contributed by atoms with Crippen LogP contribution in [0.2, 0.25) is 0 Å². The molecule has 2 atom stereocenters. The van der Waals surface area contributed by atoms with Crippen LogP contribution in [0.5, 0.6) is 0 Å². The predicted molar refractivity (Wildman–Crippen MR) is 134 cm³/mol. The Bertz CT molecular complexity index is 714. The van der Waals surface area contributed by atoms with Crippen LogP contribution in [0, 0.1) is 0 Å². The van der Waals surface area contributed by atoms with E-state index in [1.807, 2.05) is 55.1 Å². The Morgan fingerprint density at radius 3 is 2.36 bits per heavy atom. The lowest BCUT2D eigenvalue weighted by Gasteiger charge is -2.13. The molecule has 0 aliphatic rings. The molecule has 154 valence electrons. The quantitative estimate of drug-likeness (QED) is 0.208. The van der Waals surface area contributed by atoms with Crippen molar-refractivity contribution in [2.24, 2.45) is 4.99 Å². The fraction of sp³-hybridized carbons (Fsp3) is 0.381. The molecule has 0 aliphatic carbocycles. The third-order valence-electron chi connectivity index (χ3n) is 3.72. The summed E-state index contributed by atoms with van der Waals surface area (Å²) in [6.45, 7) is 6.40. The number of halogens is 1. The van der Waals surface area contributed by atoms with E-state index in [0.29, 0.717) is 23.3 Å². The summed E-state index contributed by atoms with van der Waals surface area (Å²) in [6.07, 6.45) is 0. The van der Waals surface area contributed by atoms with Crippen molar-refractivity contribution < 1.29 is 4.21 Å². The van der Waals surface area contributed by atoms with Gasteiger partial charge in [-0.25, -0.2) is 0 Å². The maximum absolute atomic E-state index is 12.2. The summed E-state index contributed by atoms with van der Waals surface area (Å²) in [5.41, 5.74) is 1.11. The van der Waals surface area contributed by atoms with Crippen molar-refractivity contribution in [2.75, 3.05) is 25.4 Å². The van der Waals surface area contributed by atoms with Crippen molar-refractivity contribution in [3.63, 3.8) is 0 Å². The Hall–Kier alpha value is -1.06. The Labute approximate surface area is 192 Å². The molecule has 2 aromatic carbocycles. The second-order valence-electron chi connectivity index (χ2n) is 6.16. The zero-order valence-electron chi connectivity index (χ0n) is 16.5. The van der Waals surface area contributed by atoms with E-state index in [4.69, 9.17) is 0 Å². The highest BCUT2D eigenvalue weighted by Crippen LogP contribution is 2.22. The van der Waals surface area contributed by atoms with Gasteiger partial charge in [0.2, 0.25) is 0 Å². The first kappa shape index (κ1) is 25.0. The van der Waals surface area contributed by atoms with Gasteiger partial charge in [0.05, 0.1) is 6.54 Å². The van der Waals surface area contributed by atoms with Crippen LogP contribution in [0.1, 0.15) is 19.4 Å². The van der Waals surface area contributed by atoms with Crippen LogP contribution >= 0.6 is 35.7 Å². The molecule has 0 fully saturated rings. The van der Waals surface area contributed by atoms with E-state index in [1.165, 1.54) is 4.90 Å². The number of benzene rings is 2. The van der Waals surface area contributed by atoms with Gasteiger partial charge in [-0.05, 0) is 24.6 Å². The minimum Gasteiger partial charge on any atom is -0.357 e. The Kier molecular flexibility index (Phi) is 13.3. The molecule has 0 radical (unpaired) electrons. The average Bonchev–Trinajstić information content (AvgIpc) is 2.67. The fourth-order valence-corrected chi connectivity index (χ4v) is 4.41. The first-order chi connectivity index (χ1) is 13.2. The number of hydrogen-bond donors (Lipinski definition) is 2. The number of rotatable bonds is 10. The van der Waals surface area contributed by atoms with Gasteiger partial charge in [-0.1, -0.05) is 55.5 Å². The van der Waals surface area contributed by atoms with Crippen LogP contribution in [0.3, 0.4) is 0 Å². The molecular formula is C21H30IN3OS2. The maximum atomic E-state index is 12.2. The molecule has 2 aromatic rings. The molecule has 4 nitrogen and oxygen atoms in total. The van der Waals surface area contributed by atoms with Crippen LogP contribution < -0.4 is 10.6 Å². The van der Waals surface area contributed by atoms with Gasteiger partial charge in [0, 0.05) is 45.5 Å². The molecule has 7 heteroatoms. The van der Waals surface area contributed by atoms with E-state index in [2.05, 4.69) is 46.8 Å². The van der Waals surface area contributed by atoms with Gasteiger partial charge in [0.1, 0.15) is 0 Å². The van der Waals surface area contributed by atoms with Crippen molar-refractivity contribution >= 4 is 52.5 Å². The highest BCUT2D eigenvalue weighted by Gasteiger charge is 2.06. The lowest BCUT2D eigenvalue weighted by Crippen LogP contribution is -2.39. The van der Waals surface area contributed by atoms with Gasteiger partial charge in [0.15, 0.2) is 5.96 Å². The highest BCUT2D eigenvalue weighted by molar-refractivity contribution is 14.0. The zero-order valence-corrected chi connectivity index (χ0v) is 20.4. The van der Waals surface area contributed by atoms with E-state index in [9.17, 15) is 4.21 Å². The van der Waals surface area contributed by atoms with Gasteiger partial charge in [0.25, 0.3) is 0 Å².